The summed E-state index contributed by atoms with van der Waals surface area (Å²) < 4.78 is 6.01. The number of nitriles is 1. The number of benzene rings is 1. The van der Waals surface area contributed by atoms with Gasteiger partial charge in [0.05, 0.1) is 17.7 Å². The van der Waals surface area contributed by atoms with Crippen LogP contribution in [0.25, 0.3) is 0 Å². The fraction of sp³-hybridized carbons (Fsp3) is 0.600. The van der Waals surface area contributed by atoms with Crippen molar-refractivity contribution < 1.29 is 4.74 Å². The summed E-state index contributed by atoms with van der Waals surface area (Å²) in [6.07, 6.45) is 7.10. The molecule has 1 aliphatic carbocycles. The van der Waals surface area contributed by atoms with E-state index in [2.05, 4.69) is 28.7 Å². The molecule has 0 bridgehead atoms. The largest absolute Gasteiger partial charge is 0.378 e. The lowest BCUT2D eigenvalue weighted by atomic mass is 9.92. The van der Waals surface area contributed by atoms with E-state index in [1.165, 1.54) is 6.42 Å². The molecule has 0 radical (unpaired) electrons. The zero-order valence-corrected chi connectivity index (χ0v) is 16.6. The number of rotatable bonds is 8. The highest BCUT2D eigenvalue weighted by Crippen LogP contribution is 2.25. The molecule has 1 aromatic carbocycles. The Balaban J connectivity index is 1.70. The van der Waals surface area contributed by atoms with Gasteiger partial charge in [-0.1, -0.05) is 0 Å². The summed E-state index contributed by atoms with van der Waals surface area (Å²) in [6.45, 7) is 1.93. The maximum Gasteiger partial charge on any atom is 0.173 e. The maximum atomic E-state index is 8.86. The van der Waals surface area contributed by atoms with Gasteiger partial charge >= 0.3 is 0 Å². The molecule has 2 N–H and O–H groups in total. The van der Waals surface area contributed by atoms with Gasteiger partial charge in [-0.05, 0) is 88.6 Å². The zero-order valence-electron chi connectivity index (χ0n) is 15.8. The van der Waals surface area contributed by atoms with Crippen molar-refractivity contribution >= 4 is 23.0 Å². The maximum absolute atomic E-state index is 8.86. The standard InChI is InChI=1S/C20H30N4OS/c1-22-13-3-4-14-25-19-11-9-18(10-12-19)24(2)20(26)23-17-7-5-16(15-21)6-8-17/h5-8,18-19,22H,3-4,9-14H2,1-2H3,(H,23,26)/t18-,19-. The van der Waals surface area contributed by atoms with E-state index in [1.54, 1.807) is 12.1 Å². The molecule has 1 aromatic rings. The number of hydrogen-bond donors (Lipinski definition) is 2. The van der Waals surface area contributed by atoms with E-state index in [9.17, 15) is 0 Å². The van der Waals surface area contributed by atoms with Gasteiger partial charge in [-0.15, -0.1) is 0 Å². The van der Waals surface area contributed by atoms with Gasteiger partial charge in [0, 0.05) is 25.4 Å². The van der Waals surface area contributed by atoms with Gasteiger partial charge in [0.1, 0.15) is 0 Å². The Morgan fingerprint density at radius 3 is 2.54 bits per heavy atom. The van der Waals surface area contributed by atoms with Crippen LogP contribution in [-0.4, -0.2) is 49.4 Å². The lowest BCUT2D eigenvalue weighted by Crippen LogP contribution is -2.42. The molecule has 2 rings (SSSR count). The smallest absolute Gasteiger partial charge is 0.173 e. The summed E-state index contributed by atoms with van der Waals surface area (Å²) in [4.78, 5) is 2.16. The van der Waals surface area contributed by atoms with Crippen molar-refractivity contribution in [2.45, 2.75) is 50.7 Å². The summed E-state index contributed by atoms with van der Waals surface area (Å²) in [5.41, 5.74) is 1.57. The number of nitrogens with zero attached hydrogens (tertiary/aromatic N) is 2. The van der Waals surface area contributed by atoms with Crippen molar-refractivity contribution in [2.75, 3.05) is 32.6 Å². The molecule has 0 saturated heterocycles. The molecule has 1 saturated carbocycles. The molecular weight excluding hydrogens is 344 g/mol. The molecule has 0 aliphatic heterocycles. The van der Waals surface area contributed by atoms with Crippen molar-refractivity contribution in [3.63, 3.8) is 0 Å². The quantitative estimate of drug-likeness (QED) is 0.536. The molecule has 5 nitrogen and oxygen atoms in total. The molecule has 0 heterocycles. The van der Waals surface area contributed by atoms with E-state index < -0.39 is 0 Å². The Hall–Kier alpha value is -1.68. The molecule has 0 unspecified atom stereocenters. The van der Waals surface area contributed by atoms with Crippen LogP contribution in [0.3, 0.4) is 0 Å². The molecule has 0 atom stereocenters. The second-order valence-corrected chi connectivity index (χ2v) is 7.23. The number of anilines is 1. The van der Waals surface area contributed by atoms with Crippen LogP contribution in [0.5, 0.6) is 0 Å². The van der Waals surface area contributed by atoms with E-state index in [0.717, 1.165) is 56.1 Å². The summed E-state index contributed by atoms with van der Waals surface area (Å²) in [5.74, 6) is 0. The molecule has 0 aromatic heterocycles. The highest BCUT2D eigenvalue weighted by molar-refractivity contribution is 7.80. The van der Waals surface area contributed by atoms with Gasteiger partial charge in [0.2, 0.25) is 0 Å². The molecule has 142 valence electrons. The van der Waals surface area contributed by atoms with Crippen molar-refractivity contribution in [2.24, 2.45) is 0 Å². The van der Waals surface area contributed by atoms with Crippen molar-refractivity contribution in [3.05, 3.63) is 29.8 Å². The minimum Gasteiger partial charge on any atom is -0.378 e. The van der Waals surface area contributed by atoms with E-state index >= 15 is 0 Å². The van der Waals surface area contributed by atoms with Crippen LogP contribution in [0, 0.1) is 11.3 Å². The van der Waals surface area contributed by atoms with Crippen LogP contribution in [-0.2, 0) is 4.74 Å². The van der Waals surface area contributed by atoms with Crippen molar-refractivity contribution in [1.82, 2.24) is 10.2 Å². The third kappa shape index (κ3) is 6.56. The Morgan fingerprint density at radius 1 is 1.23 bits per heavy atom. The second-order valence-electron chi connectivity index (χ2n) is 6.84. The van der Waals surface area contributed by atoms with Gasteiger partial charge in [-0.25, -0.2) is 0 Å². The normalized spacial score (nSPS) is 19.6. The number of ether oxygens (including phenoxy) is 1. The lowest BCUT2D eigenvalue weighted by molar-refractivity contribution is 0.0152. The monoisotopic (exact) mass is 374 g/mol. The Morgan fingerprint density at radius 2 is 1.92 bits per heavy atom. The molecule has 26 heavy (non-hydrogen) atoms. The van der Waals surface area contributed by atoms with E-state index in [-0.39, 0.29) is 0 Å². The minimum atomic E-state index is 0.397. The number of unbranched alkanes of at least 4 members (excludes halogenated alkanes) is 1. The zero-order chi connectivity index (χ0) is 18.8. The lowest BCUT2D eigenvalue weighted by Gasteiger charge is -2.36. The number of nitrogens with one attached hydrogen (secondary N) is 2. The van der Waals surface area contributed by atoms with Crippen molar-refractivity contribution in [3.8, 4) is 6.07 Å². The minimum absolute atomic E-state index is 0.397. The van der Waals surface area contributed by atoms with E-state index in [4.69, 9.17) is 22.2 Å². The van der Waals surface area contributed by atoms with Crippen molar-refractivity contribution in [1.29, 1.82) is 5.26 Å². The SMILES string of the molecule is CNCCCCO[C@H]1CC[C@H](N(C)C(=S)Nc2ccc(C#N)cc2)CC1. The predicted octanol–water partition coefficient (Wildman–Crippen LogP) is 3.51. The Bertz CT molecular complexity index is 591. The molecule has 0 amide bonds. The number of hydrogen-bond acceptors (Lipinski definition) is 4. The van der Waals surface area contributed by atoms with Gasteiger partial charge in [0.25, 0.3) is 0 Å². The third-order valence-electron chi connectivity index (χ3n) is 4.95. The van der Waals surface area contributed by atoms with E-state index in [0.29, 0.717) is 17.7 Å². The fourth-order valence-corrected chi connectivity index (χ4v) is 3.53. The van der Waals surface area contributed by atoms with Crippen LogP contribution in [0.1, 0.15) is 44.1 Å². The predicted molar refractivity (Wildman–Crippen MR) is 110 cm³/mol. The molecule has 1 fully saturated rings. The molecule has 1 aliphatic rings. The second kappa shape index (κ2) is 11.1. The van der Waals surface area contributed by atoms with Gasteiger partial charge in [0.15, 0.2) is 5.11 Å². The van der Waals surface area contributed by atoms with Crippen LogP contribution in [0.2, 0.25) is 0 Å². The third-order valence-corrected chi connectivity index (χ3v) is 5.34. The molecule has 0 spiro atoms. The van der Waals surface area contributed by atoms with Gasteiger partial charge in [-0.3, -0.25) is 0 Å². The fourth-order valence-electron chi connectivity index (χ4n) is 3.26. The summed E-state index contributed by atoms with van der Waals surface area (Å²) in [7, 11) is 4.04. The number of thiocarbonyl (C=S) groups is 1. The first-order valence-electron chi connectivity index (χ1n) is 9.44. The Labute approximate surface area is 162 Å². The van der Waals surface area contributed by atoms with Crippen LogP contribution in [0.4, 0.5) is 5.69 Å². The average Bonchev–Trinajstić information content (AvgIpc) is 2.68. The molecule has 6 heteroatoms. The first kappa shape index (κ1) is 20.6. The van der Waals surface area contributed by atoms with Gasteiger partial charge in [-0.2, -0.15) is 5.26 Å². The van der Waals surface area contributed by atoms with Crippen LogP contribution >= 0.6 is 12.2 Å². The highest BCUT2D eigenvalue weighted by atomic mass is 32.1. The van der Waals surface area contributed by atoms with Gasteiger partial charge < -0.3 is 20.3 Å². The summed E-state index contributed by atoms with van der Waals surface area (Å²) >= 11 is 5.55. The molecular formula is C20H30N4OS. The first-order valence-corrected chi connectivity index (χ1v) is 9.85. The van der Waals surface area contributed by atoms with Crippen LogP contribution in [0.15, 0.2) is 24.3 Å². The topological polar surface area (TPSA) is 60.3 Å². The highest BCUT2D eigenvalue weighted by Gasteiger charge is 2.25. The van der Waals surface area contributed by atoms with E-state index in [1.807, 2.05) is 19.2 Å². The Kier molecular flexibility index (Phi) is 8.82. The average molecular weight is 375 g/mol. The van der Waals surface area contributed by atoms with Crippen LogP contribution < -0.4 is 10.6 Å². The summed E-state index contributed by atoms with van der Waals surface area (Å²) in [5, 5.41) is 16.0. The first-order chi connectivity index (χ1) is 12.6. The summed E-state index contributed by atoms with van der Waals surface area (Å²) in [6, 6.07) is 9.94.